The topological polar surface area (TPSA) is 101 Å². The highest BCUT2D eigenvalue weighted by Gasteiger charge is 2.37. The van der Waals surface area contributed by atoms with Crippen molar-refractivity contribution in [1.82, 2.24) is 4.31 Å². The van der Waals surface area contributed by atoms with Gasteiger partial charge in [0.15, 0.2) is 0 Å². The van der Waals surface area contributed by atoms with Crippen LogP contribution in [0.2, 0.25) is 5.02 Å². The maximum absolute atomic E-state index is 12.1. The molecule has 0 atom stereocenters. The first kappa shape index (κ1) is 14.2. The van der Waals surface area contributed by atoms with Crippen molar-refractivity contribution in [3.05, 3.63) is 33.3 Å². The van der Waals surface area contributed by atoms with Gasteiger partial charge in [-0.2, -0.15) is 4.31 Å². The molecule has 1 heterocycles. The first-order valence-electron chi connectivity index (χ1n) is 5.41. The SMILES string of the molecule is O=[N+]([O-])c1cc(S(=O)(=O)N2CC(CO)C2)ccc1Cl. The van der Waals surface area contributed by atoms with Crippen molar-refractivity contribution in [1.29, 1.82) is 0 Å². The van der Waals surface area contributed by atoms with E-state index in [9.17, 15) is 18.5 Å². The standard InChI is InChI=1S/C10H11ClN2O5S/c11-9-2-1-8(3-10(9)13(15)16)19(17,18)12-4-7(5-12)6-14/h1-3,7,14H,4-6H2. The van der Waals surface area contributed by atoms with Gasteiger partial charge in [-0.25, -0.2) is 8.42 Å². The number of benzene rings is 1. The molecule has 1 fully saturated rings. The third kappa shape index (κ3) is 2.57. The van der Waals surface area contributed by atoms with Crippen molar-refractivity contribution in [2.24, 2.45) is 5.92 Å². The van der Waals surface area contributed by atoms with E-state index in [1.807, 2.05) is 0 Å². The monoisotopic (exact) mass is 306 g/mol. The van der Waals surface area contributed by atoms with Gasteiger partial charge < -0.3 is 5.11 Å². The molecular formula is C10H11ClN2O5S. The van der Waals surface area contributed by atoms with Crippen LogP contribution >= 0.6 is 11.6 Å². The van der Waals surface area contributed by atoms with E-state index < -0.39 is 20.6 Å². The second-order valence-electron chi connectivity index (χ2n) is 4.24. The van der Waals surface area contributed by atoms with Crippen LogP contribution in [0, 0.1) is 16.0 Å². The Morgan fingerprint density at radius 3 is 2.63 bits per heavy atom. The van der Waals surface area contributed by atoms with Crippen LogP contribution in [0.15, 0.2) is 23.1 Å². The Bertz CT molecular complexity index is 612. The van der Waals surface area contributed by atoms with Crippen molar-refractivity contribution < 1.29 is 18.4 Å². The van der Waals surface area contributed by atoms with Gasteiger partial charge >= 0.3 is 0 Å². The van der Waals surface area contributed by atoms with Crippen molar-refractivity contribution >= 4 is 27.3 Å². The molecule has 1 aromatic carbocycles. The van der Waals surface area contributed by atoms with E-state index in [0.717, 1.165) is 6.07 Å². The smallest absolute Gasteiger partial charge is 0.289 e. The summed E-state index contributed by atoms with van der Waals surface area (Å²) < 4.78 is 25.4. The minimum atomic E-state index is -3.76. The van der Waals surface area contributed by atoms with Crippen molar-refractivity contribution in [3.8, 4) is 0 Å². The number of rotatable bonds is 4. The number of hydrogen-bond donors (Lipinski definition) is 1. The van der Waals surface area contributed by atoms with Crippen LogP contribution in [-0.4, -0.2) is 42.4 Å². The number of nitro groups is 1. The van der Waals surface area contributed by atoms with E-state index in [1.165, 1.54) is 16.4 Å². The van der Waals surface area contributed by atoms with Crippen LogP contribution in [-0.2, 0) is 10.0 Å². The molecule has 0 radical (unpaired) electrons. The minimum absolute atomic E-state index is 0.0722. The maximum Gasteiger partial charge on any atom is 0.289 e. The zero-order valence-corrected chi connectivity index (χ0v) is 11.3. The van der Waals surface area contributed by atoms with Gasteiger partial charge in [0.05, 0.1) is 9.82 Å². The predicted octanol–water partition coefficient (Wildman–Crippen LogP) is 0.861. The van der Waals surface area contributed by atoms with E-state index in [-0.39, 0.29) is 35.5 Å². The molecule has 0 spiro atoms. The third-order valence-electron chi connectivity index (χ3n) is 2.93. The lowest BCUT2D eigenvalue weighted by molar-refractivity contribution is -0.384. The van der Waals surface area contributed by atoms with Gasteiger partial charge in [-0.1, -0.05) is 11.6 Å². The number of hydrogen-bond acceptors (Lipinski definition) is 5. The molecule has 0 saturated carbocycles. The van der Waals surface area contributed by atoms with E-state index in [0.29, 0.717) is 0 Å². The molecule has 0 aromatic heterocycles. The zero-order chi connectivity index (χ0) is 14.2. The predicted molar refractivity (Wildman–Crippen MR) is 67.4 cm³/mol. The molecule has 0 amide bonds. The molecule has 0 unspecified atom stereocenters. The summed E-state index contributed by atoms with van der Waals surface area (Å²) in [4.78, 5) is 9.84. The molecule has 104 valence electrons. The fourth-order valence-corrected chi connectivity index (χ4v) is 3.58. The fourth-order valence-electron chi connectivity index (χ4n) is 1.78. The number of nitro benzene ring substituents is 1. The summed E-state index contributed by atoms with van der Waals surface area (Å²) in [5.41, 5.74) is -0.443. The average Bonchev–Trinajstić information content (AvgIpc) is 2.27. The van der Waals surface area contributed by atoms with E-state index in [1.54, 1.807) is 0 Å². The number of nitrogens with zero attached hydrogens (tertiary/aromatic N) is 2. The molecule has 1 aliphatic rings. The summed E-state index contributed by atoms with van der Waals surface area (Å²) in [5.74, 6) is -0.0722. The molecule has 1 N–H and O–H groups in total. The zero-order valence-electron chi connectivity index (χ0n) is 9.69. The molecule has 0 aliphatic carbocycles. The highest BCUT2D eigenvalue weighted by molar-refractivity contribution is 7.89. The normalized spacial score (nSPS) is 17.2. The Morgan fingerprint density at radius 2 is 2.11 bits per heavy atom. The van der Waals surface area contributed by atoms with Crippen molar-refractivity contribution in [2.45, 2.75) is 4.90 Å². The molecule has 9 heteroatoms. The first-order chi connectivity index (χ1) is 8.86. The Kier molecular flexibility index (Phi) is 3.77. The van der Waals surface area contributed by atoms with E-state index in [4.69, 9.17) is 16.7 Å². The average molecular weight is 307 g/mol. The van der Waals surface area contributed by atoms with Crippen LogP contribution < -0.4 is 0 Å². The summed E-state index contributed by atoms with van der Waals surface area (Å²) in [5, 5.41) is 19.5. The summed E-state index contributed by atoms with van der Waals surface area (Å²) in [6.45, 7) is 0.358. The minimum Gasteiger partial charge on any atom is -0.396 e. The number of sulfonamides is 1. The Labute approximate surface area is 114 Å². The van der Waals surface area contributed by atoms with E-state index in [2.05, 4.69) is 0 Å². The van der Waals surface area contributed by atoms with Crippen LogP contribution in [0.3, 0.4) is 0 Å². The van der Waals surface area contributed by atoms with Gasteiger partial charge in [-0.15, -0.1) is 0 Å². The van der Waals surface area contributed by atoms with Gasteiger partial charge in [0.2, 0.25) is 10.0 Å². The lowest BCUT2D eigenvalue weighted by Crippen LogP contribution is -2.51. The molecule has 7 nitrogen and oxygen atoms in total. The van der Waals surface area contributed by atoms with Crippen molar-refractivity contribution in [3.63, 3.8) is 0 Å². The Hall–Kier alpha value is -1.22. The van der Waals surface area contributed by atoms with Gasteiger partial charge in [-0.3, -0.25) is 10.1 Å². The summed E-state index contributed by atoms with van der Waals surface area (Å²) in [6, 6.07) is 3.37. The summed E-state index contributed by atoms with van der Waals surface area (Å²) >= 11 is 5.63. The molecule has 2 rings (SSSR count). The van der Waals surface area contributed by atoms with Crippen LogP contribution in [0.25, 0.3) is 0 Å². The van der Waals surface area contributed by atoms with Gasteiger partial charge in [0, 0.05) is 31.7 Å². The van der Waals surface area contributed by atoms with Gasteiger partial charge in [0.1, 0.15) is 5.02 Å². The Balaban J connectivity index is 2.32. The van der Waals surface area contributed by atoms with Crippen LogP contribution in [0.5, 0.6) is 0 Å². The van der Waals surface area contributed by atoms with Gasteiger partial charge in [-0.05, 0) is 12.1 Å². The number of halogens is 1. The highest BCUT2D eigenvalue weighted by atomic mass is 35.5. The molecular weight excluding hydrogens is 296 g/mol. The molecule has 1 saturated heterocycles. The maximum atomic E-state index is 12.1. The molecule has 0 bridgehead atoms. The van der Waals surface area contributed by atoms with Gasteiger partial charge in [0.25, 0.3) is 5.69 Å². The van der Waals surface area contributed by atoms with Crippen LogP contribution in [0.4, 0.5) is 5.69 Å². The lowest BCUT2D eigenvalue weighted by Gasteiger charge is -2.36. The molecule has 1 aromatic rings. The number of aliphatic hydroxyl groups excluding tert-OH is 1. The van der Waals surface area contributed by atoms with Crippen molar-refractivity contribution in [2.75, 3.05) is 19.7 Å². The third-order valence-corrected chi connectivity index (χ3v) is 5.08. The fraction of sp³-hybridized carbons (Fsp3) is 0.400. The second kappa shape index (κ2) is 5.04. The summed E-state index contributed by atoms with van der Waals surface area (Å²) in [6.07, 6.45) is 0. The highest BCUT2D eigenvalue weighted by Crippen LogP contribution is 2.30. The first-order valence-corrected chi connectivity index (χ1v) is 7.23. The quantitative estimate of drug-likeness (QED) is 0.657. The Morgan fingerprint density at radius 1 is 1.47 bits per heavy atom. The number of aliphatic hydroxyl groups is 1. The molecule has 1 aliphatic heterocycles. The largest absolute Gasteiger partial charge is 0.396 e. The second-order valence-corrected chi connectivity index (χ2v) is 6.59. The van der Waals surface area contributed by atoms with E-state index >= 15 is 0 Å². The van der Waals surface area contributed by atoms with Crippen LogP contribution in [0.1, 0.15) is 0 Å². The summed E-state index contributed by atoms with van der Waals surface area (Å²) in [7, 11) is -3.76. The lowest BCUT2D eigenvalue weighted by atomic mass is 10.1. The molecule has 19 heavy (non-hydrogen) atoms.